The molecule has 0 bridgehead atoms. The van der Waals surface area contributed by atoms with Crippen LogP contribution in [0, 0.1) is 0 Å². The fourth-order valence-electron chi connectivity index (χ4n) is 2.38. The number of aliphatic hydroxyl groups is 1. The van der Waals surface area contributed by atoms with Crippen molar-refractivity contribution in [2.75, 3.05) is 4.90 Å². The van der Waals surface area contributed by atoms with Gasteiger partial charge in [-0.05, 0) is 25.1 Å². The Labute approximate surface area is 105 Å². The van der Waals surface area contributed by atoms with E-state index in [9.17, 15) is 9.90 Å². The summed E-state index contributed by atoms with van der Waals surface area (Å²) < 4.78 is 0. The first-order chi connectivity index (χ1) is 8.62. The van der Waals surface area contributed by atoms with E-state index in [-0.39, 0.29) is 5.91 Å². The zero-order chi connectivity index (χ0) is 12.8. The van der Waals surface area contributed by atoms with E-state index < -0.39 is 5.72 Å². The van der Waals surface area contributed by atoms with E-state index in [1.54, 1.807) is 49.6 Å². The lowest BCUT2D eigenvalue weighted by molar-refractivity contribution is 0.0554. The average molecular weight is 240 g/mol. The highest BCUT2D eigenvalue weighted by Gasteiger charge is 2.45. The van der Waals surface area contributed by atoms with Gasteiger partial charge in [0.05, 0.1) is 11.9 Å². The number of hydrogen-bond acceptors (Lipinski definition) is 3. The number of anilines is 1. The third kappa shape index (κ3) is 1.36. The lowest BCUT2D eigenvalue weighted by Gasteiger charge is -2.30. The number of benzene rings is 1. The second kappa shape index (κ2) is 3.65. The van der Waals surface area contributed by atoms with Gasteiger partial charge in [-0.1, -0.05) is 18.2 Å². The van der Waals surface area contributed by atoms with E-state index in [0.717, 1.165) is 0 Å². The summed E-state index contributed by atoms with van der Waals surface area (Å²) in [5.74, 6) is -0.205. The molecule has 0 radical (unpaired) electrons. The van der Waals surface area contributed by atoms with Gasteiger partial charge in [0.1, 0.15) is 0 Å². The number of aromatic nitrogens is 1. The Morgan fingerprint density at radius 3 is 2.67 bits per heavy atom. The SMILES string of the molecule is CC1(O)c2ccccc2C(=O)N1c1cccnc1. The Morgan fingerprint density at radius 1 is 1.22 bits per heavy atom. The van der Waals surface area contributed by atoms with Crippen molar-refractivity contribution < 1.29 is 9.90 Å². The van der Waals surface area contributed by atoms with Gasteiger partial charge in [0.2, 0.25) is 0 Å². The lowest BCUT2D eigenvalue weighted by Crippen LogP contribution is -2.41. The van der Waals surface area contributed by atoms with Crippen LogP contribution in [0.3, 0.4) is 0 Å². The number of hydrogen-bond donors (Lipinski definition) is 1. The van der Waals surface area contributed by atoms with Gasteiger partial charge in [0.25, 0.3) is 5.91 Å². The molecule has 1 N–H and O–H groups in total. The molecule has 1 unspecified atom stereocenters. The minimum Gasteiger partial charge on any atom is -0.367 e. The molecule has 1 atom stereocenters. The molecule has 4 heteroatoms. The highest BCUT2D eigenvalue weighted by Crippen LogP contribution is 2.39. The molecule has 2 heterocycles. The minimum atomic E-state index is -1.34. The maximum Gasteiger partial charge on any atom is 0.261 e. The molecule has 18 heavy (non-hydrogen) atoms. The van der Waals surface area contributed by atoms with Crippen LogP contribution in [0.1, 0.15) is 22.8 Å². The standard InChI is InChI=1S/C14H12N2O2/c1-14(18)12-7-3-2-6-11(12)13(17)16(14)10-5-4-8-15-9-10/h2-9,18H,1H3. The maximum atomic E-state index is 12.4. The largest absolute Gasteiger partial charge is 0.367 e. The van der Waals surface area contributed by atoms with Crippen LogP contribution in [0.25, 0.3) is 0 Å². The van der Waals surface area contributed by atoms with Gasteiger partial charge in [-0.25, -0.2) is 0 Å². The van der Waals surface area contributed by atoms with E-state index in [4.69, 9.17) is 0 Å². The second-order valence-corrected chi connectivity index (χ2v) is 4.42. The van der Waals surface area contributed by atoms with Crippen LogP contribution in [0.5, 0.6) is 0 Å². The Morgan fingerprint density at radius 2 is 2.00 bits per heavy atom. The van der Waals surface area contributed by atoms with Crippen LogP contribution in [-0.4, -0.2) is 16.0 Å². The van der Waals surface area contributed by atoms with Gasteiger partial charge in [-0.2, -0.15) is 0 Å². The van der Waals surface area contributed by atoms with E-state index in [0.29, 0.717) is 16.8 Å². The monoisotopic (exact) mass is 240 g/mol. The smallest absolute Gasteiger partial charge is 0.261 e. The minimum absolute atomic E-state index is 0.205. The number of amides is 1. The maximum absolute atomic E-state index is 12.4. The van der Waals surface area contributed by atoms with Crippen molar-refractivity contribution in [3.8, 4) is 0 Å². The number of pyridine rings is 1. The molecular formula is C14H12N2O2. The van der Waals surface area contributed by atoms with E-state index >= 15 is 0 Å². The topological polar surface area (TPSA) is 53.4 Å². The first-order valence-electron chi connectivity index (χ1n) is 5.69. The van der Waals surface area contributed by atoms with Gasteiger partial charge in [0.15, 0.2) is 5.72 Å². The van der Waals surface area contributed by atoms with Crippen molar-refractivity contribution in [3.63, 3.8) is 0 Å². The van der Waals surface area contributed by atoms with Crippen molar-refractivity contribution in [3.05, 3.63) is 59.9 Å². The summed E-state index contributed by atoms with van der Waals surface area (Å²) in [6, 6.07) is 10.6. The fraction of sp³-hybridized carbons (Fsp3) is 0.143. The summed E-state index contributed by atoms with van der Waals surface area (Å²) in [5.41, 5.74) is 0.408. The summed E-state index contributed by atoms with van der Waals surface area (Å²) in [6.07, 6.45) is 3.20. The Bertz CT molecular complexity index is 608. The molecule has 2 aromatic rings. The molecule has 1 aromatic carbocycles. The molecule has 0 aliphatic carbocycles. The van der Waals surface area contributed by atoms with Crippen molar-refractivity contribution in [1.29, 1.82) is 0 Å². The van der Waals surface area contributed by atoms with Crippen LogP contribution in [0.15, 0.2) is 48.8 Å². The number of fused-ring (bicyclic) bond motifs is 1. The zero-order valence-electron chi connectivity index (χ0n) is 9.87. The Kier molecular flexibility index (Phi) is 2.21. The highest BCUT2D eigenvalue weighted by molar-refractivity contribution is 6.11. The molecule has 3 rings (SSSR count). The number of nitrogens with zero attached hydrogens (tertiary/aromatic N) is 2. The van der Waals surface area contributed by atoms with E-state index in [2.05, 4.69) is 4.98 Å². The molecule has 1 aliphatic heterocycles. The molecular weight excluding hydrogens is 228 g/mol. The number of carbonyl (C=O) groups excluding carboxylic acids is 1. The van der Waals surface area contributed by atoms with E-state index in [1.165, 1.54) is 4.90 Å². The molecule has 1 aliphatic rings. The zero-order valence-corrected chi connectivity index (χ0v) is 9.87. The molecule has 0 saturated carbocycles. The predicted molar refractivity (Wildman–Crippen MR) is 67.1 cm³/mol. The van der Waals surface area contributed by atoms with Crippen LogP contribution in [0.4, 0.5) is 5.69 Å². The van der Waals surface area contributed by atoms with Crippen LogP contribution in [0.2, 0.25) is 0 Å². The molecule has 1 aromatic heterocycles. The lowest BCUT2D eigenvalue weighted by atomic mass is 10.0. The van der Waals surface area contributed by atoms with E-state index in [1.807, 2.05) is 6.07 Å². The molecule has 90 valence electrons. The first-order valence-corrected chi connectivity index (χ1v) is 5.69. The summed E-state index contributed by atoms with van der Waals surface area (Å²) in [6.45, 7) is 1.61. The molecule has 0 spiro atoms. The van der Waals surface area contributed by atoms with Crippen molar-refractivity contribution in [2.24, 2.45) is 0 Å². The molecule has 4 nitrogen and oxygen atoms in total. The molecule has 1 amide bonds. The third-order valence-electron chi connectivity index (χ3n) is 3.21. The summed E-state index contributed by atoms with van der Waals surface area (Å²) in [5, 5.41) is 10.6. The van der Waals surface area contributed by atoms with Gasteiger partial charge in [-0.15, -0.1) is 0 Å². The average Bonchev–Trinajstić information content (AvgIpc) is 2.59. The normalized spacial score (nSPS) is 22.1. The van der Waals surface area contributed by atoms with Gasteiger partial charge in [-0.3, -0.25) is 14.7 Å². The van der Waals surface area contributed by atoms with Crippen LogP contribution >= 0.6 is 0 Å². The molecule has 0 fully saturated rings. The van der Waals surface area contributed by atoms with Crippen LogP contribution in [-0.2, 0) is 5.72 Å². The molecule has 0 saturated heterocycles. The van der Waals surface area contributed by atoms with Gasteiger partial charge >= 0.3 is 0 Å². The van der Waals surface area contributed by atoms with Crippen molar-refractivity contribution in [1.82, 2.24) is 4.98 Å². The Hall–Kier alpha value is -2.20. The first kappa shape index (κ1) is 10.9. The van der Waals surface area contributed by atoms with Crippen LogP contribution < -0.4 is 4.90 Å². The second-order valence-electron chi connectivity index (χ2n) is 4.42. The van der Waals surface area contributed by atoms with Gasteiger partial charge < -0.3 is 5.11 Å². The van der Waals surface area contributed by atoms with Crippen molar-refractivity contribution in [2.45, 2.75) is 12.6 Å². The number of carbonyl (C=O) groups is 1. The quantitative estimate of drug-likeness (QED) is 0.828. The predicted octanol–water partition coefficient (Wildman–Crippen LogP) is 1.91. The Balaban J connectivity index is 2.18. The summed E-state index contributed by atoms with van der Waals surface area (Å²) in [7, 11) is 0. The summed E-state index contributed by atoms with van der Waals surface area (Å²) in [4.78, 5) is 17.7. The van der Waals surface area contributed by atoms with Crippen molar-refractivity contribution >= 4 is 11.6 Å². The fourth-order valence-corrected chi connectivity index (χ4v) is 2.38. The third-order valence-corrected chi connectivity index (χ3v) is 3.21. The van der Waals surface area contributed by atoms with Gasteiger partial charge in [0, 0.05) is 17.3 Å². The highest BCUT2D eigenvalue weighted by atomic mass is 16.3. The number of rotatable bonds is 1. The summed E-state index contributed by atoms with van der Waals surface area (Å²) >= 11 is 0.